The average Bonchev–Trinajstić information content (AvgIpc) is 3.02. The lowest BCUT2D eigenvalue weighted by atomic mass is 10.1. The molecule has 2 amide bonds. The van der Waals surface area contributed by atoms with E-state index in [0.717, 1.165) is 16.8 Å². The highest BCUT2D eigenvalue weighted by Gasteiger charge is 2.25. The minimum atomic E-state index is -0.0937. The molecule has 1 aromatic carbocycles. The van der Waals surface area contributed by atoms with Gasteiger partial charge in [0.1, 0.15) is 5.69 Å². The van der Waals surface area contributed by atoms with Crippen molar-refractivity contribution in [3.63, 3.8) is 0 Å². The number of rotatable bonds is 3. The highest BCUT2D eigenvalue weighted by atomic mass is 35.5. The molecule has 1 aromatic heterocycles. The summed E-state index contributed by atoms with van der Waals surface area (Å²) in [6, 6.07) is 9.42. The summed E-state index contributed by atoms with van der Waals surface area (Å²) in [6.45, 7) is 7.49. The number of halogens is 1. The van der Waals surface area contributed by atoms with Crippen LogP contribution in [0, 0.1) is 6.92 Å². The minimum absolute atomic E-state index is 0.0629. The lowest BCUT2D eigenvalue weighted by Gasteiger charge is -2.34. The zero-order valence-corrected chi connectivity index (χ0v) is 14.8. The monoisotopic (exact) mass is 357 g/mol. The number of nitrogens with zero attached hydrogens (tertiary/aromatic N) is 2. The second kappa shape index (κ2) is 7.15. The van der Waals surface area contributed by atoms with E-state index < -0.39 is 0 Å². The van der Waals surface area contributed by atoms with Crippen LogP contribution in [0.25, 0.3) is 11.1 Å². The number of nitrogens with one attached hydrogen (secondary N) is 1. The number of hydrogen-bond donors (Lipinski definition) is 1. The molecule has 0 saturated carbocycles. The number of carbonyl (C=O) groups is 2. The maximum Gasteiger partial charge on any atom is 0.270 e. The number of hydrogen-bond acceptors (Lipinski definition) is 2. The summed E-state index contributed by atoms with van der Waals surface area (Å²) in [7, 11) is 0. The second-order valence-electron chi connectivity index (χ2n) is 6.02. The summed E-state index contributed by atoms with van der Waals surface area (Å²) in [5.41, 5.74) is 3.26. The number of amides is 2. The third kappa shape index (κ3) is 3.46. The van der Waals surface area contributed by atoms with E-state index in [1.807, 2.05) is 37.3 Å². The highest BCUT2D eigenvalue weighted by Crippen LogP contribution is 2.31. The predicted molar refractivity (Wildman–Crippen MR) is 98.7 cm³/mol. The smallest absolute Gasteiger partial charge is 0.270 e. The molecule has 6 heteroatoms. The first kappa shape index (κ1) is 17.3. The molecular formula is C19H20ClN3O2. The van der Waals surface area contributed by atoms with Gasteiger partial charge in [-0.05, 0) is 25.1 Å². The molecule has 0 unspecified atom stereocenters. The SMILES string of the molecule is C=CC(=O)N1CCN(C(=O)c2cc(-c3ccccc3Cl)c(C)[nH]2)CC1. The van der Waals surface area contributed by atoms with Crippen LogP contribution in [0.2, 0.25) is 5.02 Å². The van der Waals surface area contributed by atoms with Crippen molar-refractivity contribution in [2.24, 2.45) is 0 Å². The number of H-pyrrole nitrogens is 1. The fraction of sp³-hybridized carbons (Fsp3) is 0.263. The van der Waals surface area contributed by atoms with Crippen molar-refractivity contribution in [2.75, 3.05) is 26.2 Å². The van der Waals surface area contributed by atoms with E-state index in [9.17, 15) is 9.59 Å². The fourth-order valence-corrected chi connectivity index (χ4v) is 3.30. The number of piperazine rings is 1. The van der Waals surface area contributed by atoms with Gasteiger partial charge in [-0.15, -0.1) is 0 Å². The first-order valence-corrected chi connectivity index (χ1v) is 8.54. The zero-order chi connectivity index (χ0) is 18.0. The second-order valence-corrected chi connectivity index (χ2v) is 6.43. The first-order chi connectivity index (χ1) is 12.0. The summed E-state index contributed by atoms with van der Waals surface area (Å²) in [6.07, 6.45) is 1.31. The molecule has 0 atom stereocenters. The Morgan fingerprint density at radius 2 is 1.76 bits per heavy atom. The summed E-state index contributed by atoms with van der Waals surface area (Å²) in [5, 5.41) is 0.653. The zero-order valence-electron chi connectivity index (χ0n) is 14.1. The van der Waals surface area contributed by atoms with Crippen molar-refractivity contribution in [1.29, 1.82) is 0 Å². The third-order valence-electron chi connectivity index (χ3n) is 4.46. The Morgan fingerprint density at radius 3 is 2.40 bits per heavy atom. The van der Waals surface area contributed by atoms with E-state index in [-0.39, 0.29) is 11.8 Å². The standard InChI is InChI=1S/C19H20ClN3O2/c1-3-18(24)22-8-10-23(11-9-22)19(25)17-12-15(13(2)21-17)14-6-4-5-7-16(14)20/h3-7,12,21H,1,8-11H2,2H3. The van der Waals surface area contributed by atoms with Crippen LogP contribution >= 0.6 is 11.6 Å². The average molecular weight is 358 g/mol. The summed E-state index contributed by atoms with van der Waals surface area (Å²) in [5.74, 6) is -0.157. The van der Waals surface area contributed by atoms with Crippen molar-refractivity contribution >= 4 is 23.4 Å². The largest absolute Gasteiger partial charge is 0.354 e. The van der Waals surface area contributed by atoms with Gasteiger partial charge in [-0.3, -0.25) is 9.59 Å². The molecule has 130 valence electrons. The quantitative estimate of drug-likeness (QED) is 0.858. The Kier molecular flexibility index (Phi) is 4.95. The minimum Gasteiger partial charge on any atom is -0.354 e. The van der Waals surface area contributed by atoms with Crippen molar-refractivity contribution in [3.05, 3.63) is 59.4 Å². The van der Waals surface area contributed by atoms with Crippen molar-refractivity contribution in [3.8, 4) is 11.1 Å². The van der Waals surface area contributed by atoms with Gasteiger partial charge in [-0.2, -0.15) is 0 Å². The summed E-state index contributed by atoms with van der Waals surface area (Å²) in [4.78, 5) is 31.0. The van der Waals surface area contributed by atoms with Crippen LogP contribution in [0.1, 0.15) is 16.2 Å². The lowest BCUT2D eigenvalue weighted by molar-refractivity contribution is -0.127. The Labute approximate surface area is 151 Å². The highest BCUT2D eigenvalue weighted by molar-refractivity contribution is 6.33. The first-order valence-electron chi connectivity index (χ1n) is 8.16. The van der Waals surface area contributed by atoms with E-state index in [4.69, 9.17) is 11.6 Å². The maximum atomic E-state index is 12.8. The molecule has 0 aliphatic carbocycles. The van der Waals surface area contributed by atoms with Crippen LogP contribution in [0.4, 0.5) is 0 Å². The normalized spacial score (nSPS) is 14.5. The maximum absolute atomic E-state index is 12.8. The Balaban J connectivity index is 1.76. The van der Waals surface area contributed by atoms with Crippen LogP contribution in [0.15, 0.2) is 43.0 Å². The topological polar surface area (TPSA) is 56.4 Å². The van der Waals surface area contributed by atoms with Crippen LogP contribution in [0.5, 0.6) is 0 Å². The van der Waals surface area contributed by atoms with Gasteiger partial charge in [-0.25, -0.2) is 0 Å². The molecule has 1 aliphatic rings. The number of aromatic amines is 1. The number of benzene rings is 1. The molecule has 0 radical (unpaired) electrons. The lowest BCUT2D eigenvalue weighted by Crippen LogP contribution is -2.50. The molecule has 3 rings (SSSR count). The molecule has 2 aromatic rings. The van der Waals surface area contributed by atoms with Gasteiger partial charge >= 0.3 is 0 Å². The predicted octanol–water partition coefficient (Wildman–Crippen LogP) is 3.11. The van der Waals surface area contributed by atoms with Gasteiger partial charge in [0.05, 0.1) is 0 Å². The van der Waals surface area contributed by atoms with Gasteiger partial charge in [0.15, 0.2) is 0 Å². The van der Waals surface area contributed by atoms with Crippen LogP contribution < -0.4 is 0 Å². The number of aryl methyl sites for hydroxylation is 1. The molecule has 1 N–H and O–H groups in total. The van der Waals surface area contributed by atoms with Gasteiger partial charge in [0, 0.05) is 48.0 Å². The third-order valence-corrected chi connectivity index (χ3v) is 4.79. The Morgan fingerprint density at radius 1 is 1.12 bits per heavy atom. The Hall–Kier alpha value is -2.53. The molecule has 2 heterocycles. The molecule has 1 saturated heterocycles. The fourth-order valence-electron chi connectivity index (χ4n) is 3.06. The van der Waals surface area contributed by atoms with Gasteiger partial charge in [-0.1, -0.05) is 36.4 Å². The van der Waals surface area contributed by atoms with E-state index in [2.05, 4.69) is 11.6 Å². The van der Waals surface area contributed by atoms with E-state index >= 15 is 0 Å². The van der Waals surface area contributed by atoms with Crippen molar-refractivity contribution in [2.45, 2.75) is 6.92 Å². The molecule has 1 aliphatic heterocycles. The molecule has 0 spiro atoms. The molecule has 0 bridgehead atoms. The van der Waals surface area contributed by atoms with E-state index in [0.29, 0.717) is 36.9 Å². The molecule has 25 heavy (non-hydrogen) atoms. The van der Waals surface area contributed by atoms with Crippen LogP contribution in [0.3, 0.4) is 0 Å². The molecular weight excluding hydrogens is 338 g/mol. The van der Waals surface area contributed by atoms with Crippen LogP contribution in [-0.2, 0) is 4.79 Å². The van der Waals surface area contributed by atoms with Gasteiger partial charge in [0.2, 0.25) is 5.91 Å². The van der Waals surface area contributed by atoms with Crippen molar-refractivity contribution < 1.29 is 9.59 Å². The Bertz CT molecular complexity index is 820. The van der Waals surface area contributed by atoms with Gasteiger partial charge in [0.25, 0.3) is 5.91 Å². The molecule has 5 nitrogen and oxygen atoms in total. The molecule has 1 fully saturated rings. The van der Waals surface area contributed by atoms with E-state index in [1.165, 1.54) is 6.08 Å². The van der Waals surface area contributed by atoms with Crippen LogP contribution in [-0.4, -0.2) is 52.8 Å². The van der Waals surface area contributed by atoms with Crippen molar-refractivity contribution in [1.82, 2.24) is 14.8 Å². The van der Waals surface area contributed by atoms with Gasteiger partial charge < -0.3 is 14.8 Å². The summed E-state index contributed by atoms with van der Waals surface area (Å²) >= 11 is 6.27. The van der Waals surface area contributed by atoms with E-state index in [1.54, 1.807) is 9.80 Å². The number of carbonyl (C=O) groups excluding carboxylic acids is 2. The number of aromatic nitrogens is 1. The summed E-state index contributed by atoms with van der Waals surface area (Å²) < 4.78 is 0.